The van der Waals surface area contributed by atoms with Gasteiger partial charge < -0.3 is 5.32 Å². The molecule has 2 aromatic rings. The second-order valence-corrected chi connectivity index (χ2v) is 5.81. The van der Waals surface area contributed by atoms with Gasteiger partial charge in [0.05, 0.1) is 10.0 Å². The van der Waals surface area contributed by atoms with Crippen LogP contribution in [-0.4, -0.2) is 13.6 Å². The van der Waals surface area contributed by atoms with Crippen LogP contribution in [0.5, 0.6) is 0 Å². The summed E-state index contributed by atoms with van der Waals surface area (Å²) in [6, 6.07) is 14.3. The summed E-state index contributed by atoms with van der Waals surface area (Å²) in [6.07, 6.45) is 0.880. The Hall–Kier alpha value is -1.02. The summed E-state index contributed by atoms with van der Waals surface area (Å²) < 4.78 is 0. The van der Waals surface area contributed by atoms with Crippen molar-refractivity contribution < 1.29 is 0 Å². The average Bonchev–Trinajstić information content (AvgIpc) is 2.44. The third kappa shape index (κ3) is 3.54. The van der Waals surface area contributed by atoms with Crippen LogP contribution in [0.1, 0.15) is 22.6 Å². The lowest BCUT2D eigenvalue weighted by Gasteiger charge is -2.20. The third-order valence-corrected chi connectivity index (χ3v) is 4.43. The van der Waals surface area contributed by atoms with Crippen LogP contribution in [0.15, 0.2) is 42.5 Å². The van der Waals surface area contributed by atoms with E-state index in [2.05, 4.69) is 42.6 Å². The first-order valence-corrected chi connectivity index (χ1v) is 7.52. The van der Waals surface area contributed by atoms with Crippen LogP contribution >= 0.6 is 23.2 Å². The number of aryl methyl sites for hydroxylation is 1. The normalized spacial score (nSPS) is 12.4. The van der Waals surface area contributed by atoms with Crippen molar-refractivity contribution in [2.24, 2.45) is 0 Å². The summed E-state index contributed by atoms with van der Waals surface area (Å²) in [5.74, 6) is 0.386. The SMILES string of the molecule is CNCC(Cc1cccc(Cl)c1Cl)c1ccccc1C. The molecule has 20 heavy (non-hydrogen) atoms. The number of benzene rings is 2. The lowest BCUT2D eigenvalue weighted by atomic mass is 9.89. The maximum absolute atomic E-state index is 6.31. The molecular formula is C17H19Cl2N. The molecule has 2 rings (SSSR count). The van der Waals surface area contributed by atoms with Crippen molar-refractivity contribution in [2.75, 3.05) is 13.6 Å². The number of hydrogen-bond donors (Lipinski definition) is 1. The molecule has 0 fully saturated rings. The predicted octanol–water partition coefficient (Wildman–Crippen LogP) is 4.85. The molecule has 0 aliphatic carbocycles. The standard InChI is InChI=1S/C17H19Cl2N/c1-12-6-3-4-8-15(12)14(11-20-2)10-13-7-5-9-16(18)17(13)19/h3-9,14,20H,10-11H2,1-2H3. The molecule has 0 saturated heterocycles. The van der Waals surface area contributed by atoms with Crippen molar-refractivity contribution in [1.82, 2.24) is 5.32 Å². The molecule has 106 valence electrons. The summed E-state index contributed by atoms with van der Waals surface area (Å²) >= 11 is 12.4. The van der Waals surface area contributed by atoms with Gasteiger partial charge in [0, 0.05) is 12.5 Å². The Morgan fingerprint density at radius 1 is 1.05 bits per heavy atom. The van der Waals surface area contributed by atoms with Gasteiger partial charge in [0.15, 0.2) is 0 Å². The molecule has 1 atom stereocenters. The predicted molar refractivity (Wildman–Crippen MR) is 88.0 cm³/mol. The molecule has 2 aromatic carbocycles. The van der Waals surface area contributed by atoms with Gasteiger partial charge in [-0.3, -0.25) is 0 Å². The number of nitrogens with one attached hydrogen (secondary N) is 1. The first-order chi connectivity index (χ1) is 9.63. The minimum Gasteiger partial charge on any atom is -0.319 e. The van der Waals surface area contributed by atoms with Gasteiger partial charge >= 0.3 is 0 Å². The second kappa shape index (κ2) is 7.12. The van der Waals surface area contributed by atoms with Crippen LogP contribution in [0.2, 0.25) is 10.0 Å². The van der Waals surface area contributed by atoms with E-state index in [1.807, 2.05) is 19.2 Å². The molecule has 1 unspecified atom stereocenters. The molecule has 0 aromatic heterocycles. The van der Waals surface area contributed by atoms with E-state index in [9.17, 15) is 0 Å². The Morgan fingerprint density at radius 3 is 2.50 bits per heavy atom. The maximum atomic E-state index is 6.31. The van der Waals surface area contributed by atoms with Gasteiger partial charge in [-0.05, 0) is 43.1 Å². The van der Waals surface area contributed by atoms with E-state index in [1.54, 1.807) is 0 Å². The van der Waals surface area contributed by atoms with E-state index in [-0.39, 0.29) is 0 Å². The molecule has 0 aliphatic rings. The Bertz CT molecular complexity index is 581. The van der Waals surface area contributed by atoms with Crippen LogP contribution in [-0.2, 0) is 6.42 Å². The maximum Gasteiger partial charge on any atom is 0.0624 e. The molecule has 1 nitrogen and oxygen atoms in total. The summed E-state index contributed by atoms with van der Waals surface area (Å²) in [5.41, 5.74) is 3.77. The smallest absolute Gasteiger partial charge is 0.0624 e. The molecule has 0 spiro atoms. The lowest BCUT2D eigenvalue weighted by Crippen LogP contribution is -2.20. The highest BCUT2D eigenvalue weighted by atomic mass is 35.5. The van der Waals surface area contributed by atoms with Crippen molar-refractivity contribution in [2.45, 2.75) is 19.3 Å². The zero-order chi connectivity index (χ0) is 14.5. The number of rotatable bonds is 5. The highest BCUT2D eigenvalue weighted by Crippen LogP contribution is 2.30. The van der Waals surface area contributed by atoms with Gasteiger partial charge in [0.2, 0.25) is 0 Å². The van der Waals surface area contributed by atoms with Crippen molar-refractivity contribution in [3.8, 4) is 0 Å². The Kier molecular flexibility index (Phi) is 5.47. The molecule has 0 radical (unpaired) electrons. The monoisotopic (exact) mass is 307 g/mol. The van der Waals surface area contributed by atoms with Crippen molar-refractivity contribution in [3.63, 3.8) is 0 Å². The molecule has 0 amide bonds. The fourth-order valence-electron chi connectivity index (χ4n) is 2.55. The van der Waals surface area contributed by atoms with Crippen molar-refractivity contribution in [3.05, 3.63) is 69.2 Å². The van der Waals surface area contributed by atoms with E-state index in [0.29, 0.717) is 16.0 Å². The van der Waals surface area contributed by atoms with Crippen LogP contribution in [0, 0.1) is 6.92 Å². The highest BCUT2D eigenvalue weighted by molar-refractivity contribution is 6.42. The molecule has 0 saturated carbocycles. The van der Waals surface area contributed by atoms with Gasteiger partial charge in [-0.25, -0.2) is 0 Å². The minimum atomic E-state index is 0.386. The Balaban J connectivity index is 2.31. The van der Waals surface area contributed by atoms with Crippen LogP contribution in [0.25, 0.3) is 0 Å². The van der Waals surface area contributed by atoms with Crippen LogP contribution < -0.4 is 5.32 Å². The number of hydrogen-bond acceptors (Lipinski definition) is 1. The first-order valence-electron chi connectivity index (χ1n) is 6.76. The summed E-state index contributed by atoms with van der Waals surface area (Å²) in [5, 5.41) is 4.56. The van der Waals surface area contributed by atoms with E-state index in [1.165, 1.54) is 11.1 Å². The molecule has 1 N–H and O–H groups in total. The van der Waals surface area contributed by atoms with Gasteiger partial charge in [-0.2, -0.15) is 0 Å². The number of likely N-dealkylation sites (N-methyl/N-ethyl adjacent to an activating group) is 1. The van der Waals surface area contributed by atoms with E-state index in [4.69, 9.17) is 23.2 Å². The molecule has 0 bridgehead atoms. The van der Waals surface area contributed by atoms with Crippen LogP contribution in [0.3, 0.4) is 0 Å². The lowest BCUT2D eigenvalue weighted by molar-refractivity contribution is 0.623. The summed E-state index contributed by atoms with van der Waals surface area (Å²) in [7, 11) is 1.98. The van der Waals surface area contributed by atoms with Crippen molar-refractivity contribution >= 4 is 23.2 Å². The van der Waals surface area contributed by atoms with E-state index < -0.39 is 0 Å². The fraction of sp³-hybridized carbons (Fsp3) is 0.294. The Morgan fingerprint density at radius 2 is 1.80 bits per heavy atom. The van der Waals surface area contributed by atoms with Gasteiger partial charge in [0.25, 0.3) is 0 Å². The summed E-state index contributed by atoms with van der Waals surface area (Å²) in [4.78, 5) is 0. The molecule has 0 heterocycles. The first kappa shape index (κ1) is 15.4. The van der Waals surface area contributed by atoms with Crippen LogP contribution in [0.4, 0.5) is 0 Å². The second-order valence-electron chi connectivity index (χ2n) is 5.03. The highest BCUT2D eigenvalue weighted by Gasteiger charge is 2.16. The zero-order valence-corrected chi connectivity index (χ0v) is 13.3. The quantitative estimate of drug-likeness (QED) is 0.833. The largest absolute Gasteiger partial charge is 0.319 e. The van der Waals surface area contributed by atoms with E-state index >= 15 is 0 Å². The van der Waals surface area contributed by atoms with Gasteiger partial charge in [-0.1, -0.05) is 59.6 Å². The zero-order valence-electron chi connectivity index (χ0n) is 11.8. The topological polar surface area (TPSA) is 12.0 Å². The Labute approximate surface area is 130 Å². The molecular weight excluding hydrogens is 289 g/mol. The molecule has 0 aliphatic heterocycles. The van der Waals surface area contributed by atoms with Crippen molar-refractivity contribution in [1.29, 1.82) is 0 Å². The molecule has 3 heteroatoms. The number of halogens is 2. The minimum absolute atomic E-state index is 0.386. The van der Waals surface area contributed by atoms with Gasteiger partial charge in [-0.15, -0.1) is 0 Å². The summed E-state index contributed by atoms with van der Waals surface area (Å²) in [6.45, 7) is 3.06. The average molecular weight is 308 g/mol. The van der Waals surface area contributed by atoms with E-state index in [0.717, 1.165) is 18.5 Å². The third-order valence-electron chi connectivity index (χ3n) is 3.58. The van der Waals surface area contributed by atoms with Gasteiger partial charge in [0.1, 0.15) is 0 Å². The fourth-order valence-corrected chi connectivity index (χ4v) is 2.95.